The summed E-state index contributed by atoms with van der Waals surface area (Å²) in [4.78, 5) is 26.1. The molecule has 0 aliphatic rings. The summed E-state index contributed by atoms with van der Waals surface area (Å²) in [5.74, 6) is 0.790. The molecule has 0 aliphatic carbocycles. The van der Waals surface area contributed by atoms with Gasteiger partial charge in [-0.3, -0.25) is 14.9 Å². The van der Waals surface area contributed by atoms with E-state index in [4.69, 9.17) is 4.52 Å². The van der Waals surface area contributed by atoms with Crippen molar-refractivity contribution in [2.24, 2.45) is 5.92 Å². The zero-order valence-corrected chi connectivity index (χ0v) is 13.1. The first kappa shape index (κ1) is 16.6. The Kier molecular flexibility index (Phi) is 5.05. The van der Waals surface area contributed by atoms with E-state index in [-0.39, 0.29) is 23.4 Å². The fourth-order valence-corrected chi connectivity index (χ4v) is 1.99. The van der Waals surface area contributed by atoms with Gasteiger partial charge in [-0.2, -0.15) is 4.98 Å². The molecule has 0 saturated carbocycles. The van der Waals surface area contributed by atoms with Crippen LogP contribution in [0.2, 0.25) is 0 Å². The Morgan fingerprint density at radius 3 is 2.52 bits per heavy atom. The van der Waals surface area contributed by atoms with Gasteiger partial charge in [0.15, 0.2) is 0 Å². The van der Waals surface area contributed by atoms with Crippen molar-refractivity contribution in [3.05, 3.63) is 40.3 Å². The molecule has 1 heterocycles. The largest absolute Gasteiger partial charge is 0.345 e. The van der Waals surface area contributed by atoms with Crippen molar-refractivity contribution in [3.63, 3.8) is 0 Å². The van der Waals surface area contributed by atoms with Gasteiger partial charge in [-0.05, 0) is 25.0 Å². The molecule has 1 atom stereocenters. The van der Waals surface area contributed by atoms with Gasteiger partial charge in [0.05, 0.1) is 4.92 Å². The molecule has 0 aliphatic heterocycles. The zero-order chi connectivity index (χ0) is 17.0. The van der Waals surface area contributed by atoms with Gasteiger partial charge >= 0.3 is 0 Å². The highest BCUT2D eigenvalue weighted by molar-refractivity contribution is 5.76. The smallest absolute Gasteiger partial charge is 0.269 e. The monoisotopic (exact) mass is 318 g/mol. The summed E-state index contributed by atoms with van der Waals surface area (Å²) >= 11 is 0. The molecule has 0 unspecified atom stereocenters. The van der Waals surface area contributed by atoms with Crippen LogP contribution in [-0.2, 0) is 4.79 Å². The summed E-state index contributed by atoms with van der Waals surface area (Å²) in [6, 6.07) is 5.45. The summed E-state index contributed by atoms with van der Waals surface area (Å²) in [6.07, 6.45) is 0.424. The number of carbonyl (C=O) groups is 1. The Bertz CT molecular complexity index is 694. The number of aromatic nitrogens is 2. The van der Waals surface area contributed by atoms with Crippen LogP contribution < -0.4 is 5.32 Å². The SMILES string of the molecule is CC(C)CC(=O)N[C@H](C)c1nc(-c2ccc([N+](=O)[O-])cc2)no1. The van der Waals surface area contributed by atoms with E-state index in [0.717, 1.165) is 0 Å². The van der Waals surface area contributed by atoms with E-state index in [1.807, 2.05) is 13.8 Å². The predicted molar refractivity (Wildman–Crippen MR) is 82.4 cm³/mol. The Morgan fingerprint density at radius 1 is 1.30 bits per heavy atom. The second-order valence-electron chi connectivity index (χ2n) is 5.65. The molecular formula is C15H18N4O4. The Balaban J connectivity index is 2.07. The lowest BCUT2D eigenvalue weighted by atomic mass is 10.1. The predicted octanol–water partition coefficient (Wildman–Crippen LogP) is 2.87. The number of hydrogen-bond donors (Lipinski definition) is 1. The normalized spacial score (nSPS) is 12.2. The maximum Gasteiger partial charge on any atom is 0.269 e. The Morgan fingerprint density at radius 2 is 1.96 bits per heavy atom. The van der Waals surface area contributed by atoms with Gasteiger partial charge in [0.2, 0.25) is 17.6 Å². The van der Waals surface area contributed by atoms with Crippen molar-refractivity contribution >= 4 is 11.6 Å². The van der Waals surface area contributed by atoms with Crippen molar-refractivity contribution in [2.75, 3.05) is 0 Å². The summed E-state index contributed by atoms with van der Waals surface area (Å²) in [5.41, 5.74) is 0.595. The van der Waals surface area contributed by atoms with Crippen molar-refractivity contribution in [1.29, 1.82) is 0 Å². The molecule has 1 aromatic carbocycles. The maximum atomic E-state index is 11.8. The fraction of sp³-hybridized carbons (Fsp3) is 0.400. The number of hydrogen-bond acceptors (Lipinski definition) is 6. The van der Waals surface area contributed by atoms with Gasteiger partial charge < -0.3 is 9.84 Å². The number of benzene rings is 1. The van der Waals surface area contributed by atoms with Crippen molar-refractivity contribution in [2.45, 2.75) is 33.2 Å². The molecule has 0 saturated heterocycles. The average Bonchev–Trinajstić information content (AvgIpc) is 2.96. The third-order valence-electron chi connectivity index (χ3n) is 3.12. The van der Waals surface area contributed by atoms with Crippen LogP contribution in [0.5, 0.6) is 0 Å². The highest BCUT2D eigenvalue weighted by Crippen LogP contribution is 2.21. The van der Waals surface area contributed by atoms with E-state index < -0.39 is 11.0 Å². The highest BCUT2D eigenvalue weighted by Gasteiger charge is 2.18. The van der Waals surface area contributed by atoms with E-state index >= 15 is 0 Å². The molecule has 1 N–H and O–H groups in total. The first-order valence-corrected chi connectivity index (χ1v) is 7.24. The molecule has 1 aromatic heterocycles. The van der Waals surface area contributed by atoms with Gasteiger partial charge in [-0.15, -0.1) is 0 Å². The van der Waals surface area contributed by atoms with Crippen LogP contribution in [0.25, 0.3) is 11.4 Å². The molecule has 0 spiro atoms. The van der Waals surface area contributed by atoms with E-state index in [1.165, 1.54) is 12.1 Å². The lowest BCUT2D eigenvalue weighted by Gasteiger charge is -2.10. The first-order chi connectivity index (χ1) is 10.9. The topological polar surface area (TPSA) is 111 Å². The average molecular weight is 318 g/mol. The minimum absolute atomic E-state index is 0.00761. The molecule has 2 aromatic rings. The minimum Gasteiger partial charge on any atom is -0.345 e. The van der Waals surface area contributed by atoms with E-state index in [2.05, 4.69) is 15.5 Å². The number of non-ortho nitro benzene ring substituents is 1. The lowest BCUT2D eigenvalue weighted by Crippen LogP contribution is -2.27. The first-order valence-electron chi connectivity index (χ1n) is 7.24. The number of rotatable bonds is 6. The second kappa shape index (κ2) is 6.99. The number of nitro benzene ring substituents is 1. The molecule has 0 radical (unpaired) electrons. The summed E-state index contributed by atoms with van der Waals surface area (Å²) in [6.45, 7) is 5.68. The number of nitrogens with one attached hydrogen (secondary N) is 1. The van der Waals surface area contributed by atoms with Gasteiger partial charge in [0, 0.05) is 24.1 Å². The van der Waals surface area contributed by atoms with Crippen LogP contribution in [-0.4, -0.2) is 21.0 Å². The van der Waals surface area contributed by atoms with Gasteiger partial charge in [0.25, 0.3) is 5.69 Å². The van der Waals surface area contributed by atoms with E-state index in [1.54, 1.807) is 19.1 Å². The van der Waals surface area contributed by atoms with Crippen LogP contribution >= 0.6 is 0 Å². The Hall–Kier alpha value is -2.77. The van der Waals surface area contributed by atoms with E-state index in [0.29, 0.717) is 17.8 Å². The molecule has 8 heteroatoms. The zero-order valence-electron chi connectivity index (χ0n) is 13.1. The van der Waals surface area contributed by atoms with Crippen molar-refractivity contribution in [3.8, 4) is 11.4 Å². The molecule has 122 valence electrons. The van der Waals surface area contributed by atoms with Gasteiger partial charge in [-0.25, -0.2) is 0 Å². The maximum absolute atomic E-state index is 11.8. The lowest BCUT2D eigenvalue weighted by molar-refractivity contribution is -0.384. The number of amides is 1. The van der Waals surface area contributed by atoms with Crippen LogP contribution in [0, 0.1) is 16.0 Å². The minimum atomic E-state index is -0.474. The summed E-state index contributed by atoms with van der Waals surface area (Å²) < 4.78 is 5.15. The summed E-state index contributed by atoms with van der Waals surface area (Å²) in [7, 11) is 0. The molecule has 23 heavy (non-hydrogen) atoms. The molecule has 0 bridgehead atoms. The van der Waals surface area contributed by atoms with Crippen LogP contribution in [0.4, 0.5) is 5.69 Å². The molecule has 8 nitrogen and oxygen atoms in total. The molecule has 2 rings (SSSR count). The molecule has 0 fully saturated rings. The standard InChI is InChI=1S/C15H18N4O4/c1-9(2)8-13(20)16-10(3)15-17-14(18-23-15)11-4-6-12(7-5-11)19(21)22/h4-7,9-10H,8H2,1-3H3,(H,16,20)/t10-/m1/s1. The third-order valence-corrected chi connectivity index (χ3v) is 3.12. The van der Waals surface area contributed by atoms with E-state index in [9.17, 15) is 14.9 Å². The van der Waals surface area contributed by atoms with Crippen molar-refractivity contribution in [1.82, 2.24) is 15.5 Å². The summed E-state index contributed by atoms with van der Waals surface area (Å²) in [5, 5.41) is 17.3. The number of nitro groups is 1. The number of nitrogens with zero attached hydrogens (tertiary/aromatic N) is 3. The second-order valence-corrected chi connectivity index (χ2v) is 5.65. The van der Waals surface area contributed by atoms with Gasteiger partial charge in [0.1, 0.15) is 6.04 Å². The van der Waals surface area contributed by atoms with Gasteiger partial charge in [-0.1, -0.05) is 19.0 Å². The van der Waals surface area contributed by atoms with Crippen LogP contribution in [0.3, 0.4) is 0 Å². The Labute approximate surface area is 133 Å². The highest BCUT2D eigenvalue weighted by atomic mass is 16.6. The van der Waals surface area contributed by atoms with Crippen molar-refractivity contribution < 1.29 is 14.2 Å². The number of carbonyl (C=O) groups excluding carboxylic acids is 1. The third kappa shape index (κ3) is 4.35. The quantitative estimate of drug-likeness (QED) is 0.647. The fourth-order valence-electron chi connectivity index (χ4n) is 1.99. The molecule has 1 amide bonds. The molecular weight excluding hydrogens is 300 g/mol. The van der Waals surface area contributed by atoms with Crippen LogP contribution in [0.15, 0.2) is 28.8 Å². The van der Waals surface area contributed by atoms with Crippen LogP contribution in [0.1, 0.15) is 39.1 Å².